The van der Waals surface area contributed by atoms with Crippen LogP contribution >= 0.6 is 0 Å². The highest BCUT2D eigenvalue weighted by Crippen LogP contribution is 2.36. The predicted molar refractivity (Wildman–Crippen MR) is 82.7 cm³/mol. The molecule has 2 amide bonds. The van der Waals surface area contributed by atoms with E-state index in [1.807, 2.05) is 19.1 Å². The van der Waals surface area contributed by atoms with Crippen LogP contribution in [0.3, 0.4) is 0 Å². The van der Waals surface area contributed by atoms with E-state index in [0.717, 1.165) is 31.2 Å². The Balaban J connectivity index is 2.01. The third-order valence-corrected chi connectivity index (χ3v) is 4.55. The van der Waals surface area contributed by atoms with Crippen molar-refractivity contribution in [3.05, 3.63) is 35.4 Å². The normalized spacial score (nSPS) is 18.8. The molecule has 0 saturated heterocycles. The summed E-state index contributed by atoms with van der Waals surface area (Å²) < 4.78 is 0. The zero-order valence-corrected chi connectivity index (χ0v) is 12.8. The maximum absolute atomic E-state index is 12.5. The Morgan fingerprint density at radius 2 is 1.71 bits per heavy atom. The van der Waals surface area contributed by atoms with Gasteiger partial charge in [-0.2, -0.15) is 0 Å². The molecular formula is C17H24N2O2. The number of hydrogen-bond acceptors (Lipinski definition) is 2. The second kappa shape index (κ2) is 6.29. The van der Waals surface area contributed by atoms with Crippen molar-refractivity contribution in [2.24, 2.45) is 11.1 Å². The van der Waals surface area contributed by atoms with Crippen molar-refractivity contribution < 1.29 is 9.59 Å². The highest BCUT2D eigenvalue weighted by molar-refractivity contribution is 5.92. The van der Waals surface area contributed by atoms with Gasteiger partial charge in [-0.3, -0.25) is 9.59 Å². The summed E-state index contributed by atoms with van der Waals surface area (Å²) in [5.74, 6) is -0.304. The van der Waals surface area contributed by atoms with Gasteiger partial charge in [-0.05, 0) is 37.5 Å². The first-order valence-electron chi connectivity index (χ1n) is 7.63. The lowest BCUT2D eigenvalue weighted by atomic mass is 9.75. The van der Waals surface area contributed by atoms with E-state index in [-0.39, 0.29) is 17.4 Å². The molecule has 114 valence electrons. The Hall–Kier alpha value is -1.84. The number of hydrogen-bond donors (Lipinski definition) is 2. The van der Waals surface area contributed by atoms with Gasteiger partial charge in [0.1, 0.15) is 0 Å². The average Bonchev–Trinajstić information content (AvgIpc) is 2.48. The first-order valence-corrected chi connectivity index (χ1v) is 7.63. The fraction of sp³-hybridized carbons (Fsp3) is 0.529. The Morgan fingerprint density at radius 1 is 1.14 bits per heavy atom. The molecule has 3 N–H and O–H groups in total. The smallest absolute Gasteiger partial charge is 0.248 e. The maximum atomic E-state index is 12.5. The molecule has 0 heterocycles. The zero-order valence-electron chi connectivity index (χ0n) is 12.8. The third-order valence-electron chi connectivity index (χ3n) is 4.55. The van der Waals surface area contributed by atoms with Crippen molar-refractivity contribution in [2.75, 3.05) is 0 Å². The van der Waals surface area contributed by atoms with E-state index in [1.165, 1.54) is 6.42 Å². The summed E-state index contributed by atoms with van der Waals surface area (Å²) in [4.78, 5) is 23.6. The fourth-order valence-electron chi connectivity index (χ4n) is 2.95. The quantitative estimate of drug-likeness (QED) is 0.894. The second-order valence-electron chi connectivity index (χ2n) is 6.30. The minimum atomic E-state index is -0.437. The van der Waals surface area contributed by atoms with Gasteiger partial charge in [-0.1, -0.05) is 38.3 Å². The van der Waals surface area contributed by atoms with E-state index in [4.69, 9.17) is 5.73 Å². The Kier molecular flexibility index (Phi) is 4.66. The minimum absolute atomic E-state index is 0.0711. The molecule has 1 aromatic rings. The van der Waals surface area contributed by atoms with Crippen LogP contribution in [-0.2, 0) is 4.79 Å². The summed E-state index contributed by atoms with van der Waals surface area (Å²) in [7, 11) is 0. The molecule has 1 unspecified atom stereocenters. The molecule has 1 aromatic carbocycles. The third kappa shape index (κ3) is 3.63. The van der Waals surface area contributed by atoms with Crippen molar-refractivity contribution in [3.8, 4) is 0 Å². The highest BCUT2D eigenvalue weighted by Gasteiger charge is 2.35. The molecule has 0 aliphatic heterocycles. The van der Waals surface area contributed by atoms with Crippen LogP contribution in [-0.4, -0.2) is 11.8 Å². The number of nitrogens with two attached hydrogens (primary N) is 1. The van der Waals surface area contributed by atoms with E-state index in [0.29, 0.717) is 5.56 Å². The van der Waals surface area contributed by atoms with Crippen LogP contribution in [0.5, 0.6) is 0 Å². The van der Waals surface area contributed by atoms with Crippen molar-refractivity contribution in [1.29, 1.82) is 0 Å². The Bertz CT molecular complexity index is 516. The molecule has 2 rings (SSSR count). The number of rotatable bonds is 4. The summed E-state index contributed by atoms with van der Waals surface area (Å²) >= 11 is 0. The van der Waals surface area contributed by atoms with Crippen molar-refractivity contribution in [2.45, 2.75) is 52.0 Å². The molecule has 4 nitrogen and oxygen atoms in total. The molecule has 0 aromatic heterocycles. The highest BCUT2D eigenvalue weighted by atomic mass is 16.2. The molecule has 21 heavy (non-hydrogen) atoms. The van der Waals surface area contributed by atoms with E-state index in [9.17, 15) is 9.59 Å². The maximum Gasteiger partial charge on any atom is 0.248 e. The van der Waals surface area contributed by atoms with Crippen LogP contribution in [0.25, 0.3) is 0 Å². The molecule has 0 bridgehead atoms. The summed E-state index contributed by atoms with van der Waals surface area (Å²) in [5, 5.41) is 3.10. The second-order valence-corrected chi connectivity index (χ2v) is 6.30. The van der Waals surface area contributed by atoms with Gasteiger partial charge < -0.3 is 11.1 Å². The molecule has 0 radical (unpaired) electrons. The monoisotopic (exact) mass is 288 g/mol. The van der Waals surface area contributed by atoms with Crippen LogP contribution in [0.1, 0.15) is 67.9 Å². The van der Waals surface area contributed by atoms with Gasteiger partial charge in [-0.25, -0.2) is 0 Å². The van der Waals surface area contributed by atoms with Gasteiger partial charge >= 0.3 is 0 Å². The van der Waals surface area contributed by atoms with E-state index in [2.05, 4.69) is 12.2 Å². The van der Waals surface area contributed by atoms with Gasteiger partial charge in [0.2, 0.25) is 11.8 Å². The number of primary amides is 1. The van der Waals surface area contributed by atoms with Gasteiger partial charge in [0, 0.05) is 11.0 Å². The summed E-state index contributed by atoms with van der Waals surface area (Å²) in [5.41, 5.74) is 6.45. The van der Waals surface area contributed by atoms with Crippen LogP contribution in [0, 0.1) is 5.41 Å². The fourth-order valence-corrected chi connectivity index (χ4v) is 2.95. The number of carbonyl (C=O) groups excluding carboxylic acids is 2. The summed E-state index contributed by atoms with van der Waals surface area (Å²) in [6.07, 6.45) is 5.42. The van der Waals surface area contributed by atoms with Crippen molar-refractivity contribution in [1.82, 2.24) is 5.32 Å². The topological polar surface area (TPSA) is 72.2 Å². The first kappa shape index (κ1) is 15.5. The van der Waals surface area contributed by atoms with Gasteiger partial charge in [0.25, 0.3) is 0 Å². The van der Waals surface area contributed by atoms with Gasteiger partial charge in [-0.15, -0.1) is 0 Å². The molecule has 1 atom stereocenters. The summed E-state index contributed by atoms with van der Waals surface area (Å²) in [6.45, 7) is 4.02. The standard InChI is InChI=1S/C17H24N2O2/c1-12(13-6-8-14(9-7-13)15(18)20)19-16(21)17(2)10-4-3-5-11-17/h6-9,12H,3-5,10-11H2,1-2H3,(H2,18,20)(H,19,21). The van der Waals surface area contributed by atoms with Gasteiger partial charge in [0.15, 0.2) is 0 Å². The Morgan fingerprint density at radius 3 is 2.24 bits per heavy atom. The number of nitrogens with one attached hydrogen (secondary N) is 1. The molecule has 1 aliphatic carbocycles. The van der Waals surface area contributed by atoms with E-state index < -0.39 is 5.91 Å². The number of amides is 2. The van der Waals surface area contributed by atoms with Crippen LogP contribution < -0.4 is 11.1 Å². The molecule has 4 heteroatoms. The molecule has 1 saturated carbocycles. The molecule has 0 spiro atoms. The number of benzene rings is 1. The minimum Gasteiger partial charge on any atom is -0.366 e. The lowest BCUT2D eigenvalue weighted by molar-refractivity contribution is -0.132. The predicted octanol–water partition coefficient (Wildman–Crippen LogP) is 2.93. The zero-order chi connectivity index (χ0) is 15.5. The van der Waals surface area contributed by atoms with Crippen LogP contribution in [0.4, 0.5) is 0 Å². The first-order chi connectivity index (χ1) is 9.92. The van der Waals surface area contributed by atoms with Crippen LogP contribution in [0.2, 0.25) is 0 Å². The van der Waals surface area contributed by atoms with E-state index in [1.54, 1.807) is 12.1 Å². The lowest BCUT2D eigenvalue weighted by Crippen LogP contribution is -2.41. The summed E-state index contributed by atoms with van der Waals surface area (Å²) in [6, 6.07) is 7.01. The largest absolute Gasteiger partial charge is 0.366 e. The number of carbonyl (C=O) groups is 2. The lowest BCUT2D eigenvalue weighted by Gasteiger charge is -2.33. The molecule has 1 aliphatic rings. The van der Waals surface area contributed by atoms with Crippen molar-refractivity contribution >= 4 is 11.8 Å². The SMILES string of the molecule is CC(NC(=O)C1(C)CCCCC1)c1ccc(C(N)=O)cc1. The molecule has 1 fully saturated rings. The van der Waals surface area contributed by atoms with Crippen molar-refractivity contribution in [3.63, 3.8) is 0 Å². The van der Waals surface area contributed by atoms with Gasteiger partial charge in [0.05, 0.1) is 6.04 Å². The van der Waals surface area contributed by atoms with Crippen LogP contribution in [0.15, 0.2) is 24.3 Å². The molecular weight excluding hydrogens is 264 g/mol. The average molecular weight is 288 g/mol. The Labute approximate surface area is 126 Å². The van der Waals surface area contributed by atoms with E-state index >= 15 is 0 Å².